The van der Waals surface area contributed by atoms with Gasteiger partial charge in [0.05, 0.1) is 0 Å². The highest BCUT2D eigenvalue weighted by molar-refractivity contribution is 9.10. The Morgan fingerprint density at radius 2 is 1.77 bits per heavy atom. The number of hydrogen-bond acceptors (Lipinski definition) is 1. The van der Waals surface area contributed by atoms with Crippen LogP contribution >= 0.6 is 15.9 Å². The molecule has 0 saturated heterocycles. The second kappa shape index (κ2) is 4.77. The van der Waals surface area contributed by atoms with E-state index in [0.717, 1.165) is 10.9 Å². The molecule has 0 aliphatic heterocycles. The molecule has 13 heavy (non-hydrogen) atoms. The van der Waals surface area contributed by atoms with E-state index in [1.54, 1.807) is 0 Å². The van der Waals surface area contributed by atoms with Crippen molar-refractivity contribution < 1.29 is 0 Å². The van der Waals surface area contributed by atoms with Crippen LogP contribution in [0.25, 0.3) is 0 Å². The molecule has 1 atom stereocenters. The molecule has 0 fully saturated rings. The molecule has 0 bridgehead atoms. The Labute approximate surface area is 88.9 Å². The first kappa shape index (κ1) is 10.7. The Morgan fingerprint density at radius 1 is 1.23 bits per heavy atom. The lowest BCUT2D eigenvalue weighted by atomic mass is 10.0. The molecule has 0 saturated carbocycles. The summed E-state index contributed by atoms with van der Waals surface area (Å²) in [6.45, 7) is 2.21. The van der Waals surface area contributed by atoms with Gasteiger partial charge < -0.3 is 4.90 Å². The highest BCUT2D eigenvalue weighted by Gasteiger charge is 2.10. The Morgan fingerprint density at radius 3 is 2.15 bits per heavy atom. The number of hydrogen-bond donors (Lipinski definition) is 0. The fourth-order valence-electron chi connectivity index (χ4n) is 1.58. The third-order valence-electron chi connectivity index (χ3n) is 2.26. The molecule has 1 nitrogen and oxygen atoms in total. The molecule has 1 rings (SSSR count). The van der Waals surface area contributed by atoms with Gasteiger partial charge in [0.15, 0.2) is 0 Å². The van der Waals surface area contributed by atoms with Crippen molar-refractivity contribution in [3.05, 3.63) is 34.3 Å². The Hall–Kier alpha value is -0.340. The fourth-order valence-corrected chi connectivity index (χ4v) is 1.85. The van der Waals surface area contributed by atoms with Crippen molar-refractivity contribution in [3.63, 3.8) is 0 Å². The van der Waals surface area contributed by atoms with Crippen molar-refractivity contribution >= 4 is 15.9 Å². The summed E-state index contributed by atoms with van der Waals surface area (Å²) in [6.07, 6.45) is 1.15. The van der Waals surface area contributed by atoms with Gasteiger partial charge >= 0.3 is 0 Å². The van der Waals surface area contributed by atoms with E-state index < -0.39 is 0 Å². The SMILES string of the molecule is CCC(c1ccc(Br)cc1)N(C)C. The largest absolute Gasteiger partial charge is 0.302 e. The molecule has 0 N–H and O–H groups in total. The van der Waals surface area contributed by atoms with E-state index in [4.69, 9.17) is 0 Å². The average molecular weight is 242 g/mol. The van der Waals surface area contributed by atoms with Crippen LogP contribution in [0.1, 0.15) is 24.9 Å². The van der Waals surface area contributed by atoms with Crippen molar-refractivity contribution in [1.82, 2.24) is 4.90 Å². The van der Waals surface area contributed by atoms with Gasteiger partial charge in [-0.15, -0.1) is 0 Å². The molecule has 0 aliphatic rings. The smallest absolute Gasteiger partial charge is 0.0339 e. The Bertz CT molecular complexity index is 253. The van der Waals surface area contributed by atoms with Crippen LogP contribution in [0, 0.1) is 0 Å². The van der Waals surface area contributed by atoms with Crippen LogP contribution in [0.15, 0.2) is 28.7 Å². The molecule has 1 unspecified atom stereocenters. The summed E-state index contributed by atoms with van der Waals surface area (Å²) in [5.41, 5.74) is 1.38. The molecule has 2 heteroatoms. The number of benzene rings is 1. The quantitative estimate of drug-likeness (QED) is 0.784. The lowest BCUT2D eigenvalue weighted by Crippen LogP contribution is -2.18. The van der Waals surface area contributed by atoms with E-state index in [0.29, 0.717) is 6.04 Å². The zero-order chi connectivity index (χ0) is 9.84. The minimum Gasteiger partial charge on any atom is -0.302 e. The van der Waals surface area contributed by atoms with E-state index in [1.165, 1.54) is 5.56 Å². The third kappa shape index (κ3) is 2.82. The molecule has 0 amide bonds. The van der Waals surface area contributed by atoms with Crippen molar-refractivity contribution in [2.45, 2.75) is 19.4 Å². The number of nitrogens with zero attached hydrogens (tertiary/aromatic N) is 1. The molecular weight excluding hydrogens is 226 g/mol. The van der Waals surface area contributed by atoms with Gasteiger partial charge in [-0.25, -0.2) is 0 Å². The van der Waals surface area contributed by atoms with Gasteiger partial charge in [-0.05, 0) is 38.2 Å². The predicted octanol–water partition coefficient (Wildman–Crippen LogP) is 3.46. The molecular formula is C11H16BrN. The van der Waals surface area contributed by atoms with Gasteiger partial charge in [0.1, 0.15) is 0 Å². The summed E-state index contributed by atoms with van der Waals surface area (Å²) in [7, 11) is 4.24. The third-order valence-corrected chi connectivity index (χ3v) is 2.79. The summed E-state index contributed by atoms with van der Waals surface area (Å²) < 4.78 is 1.14. The van der Waals surface area contributed by atoms with Gasteiger partial charge in [-0.3, -0.25) is 0 Å². The highest BCUT2D eigenvalue weighted by atomic mass is 79.9. The normalized spacial score (nSPS) is 13.3. The lowest BCUT2D eigenvalue weighted by molar-refractivity contribution is 0.292. The first-order valence-electron chi connectivity index (χ1n) is 4.57. The summed E-state index contributed by atoms with van der Waals surface area (Å²) in [5, 5.41) is 0. The highest BCUT2D eigenvalue weighted by Crippen LogP contribution is 2.22. The van der Waals surface area contributed by atoms with Crippen LogP contribution in [0.2, 0.25) is 0 Å². The van der Waals surface area contributed by atoms with Crippen molar-refractivity contribution in [2.75, 3.05) is 14.1 Å². The van der Waals surface area contributed by atoms with Crippen molar-refractivity contribution in [1.29, 1.82) is 0 Å². The molecule has 0 heterocycles. The minimum absolute atomic E-state index is 0.535. The number of halogens is 1. The topological polar surface area (TPSA) is 3.24 Å². The molecule has 0 aliphatic carbocycles. The molecule has 0 aromatic heterocycles. The van der Waals surface area contributed by atoms with Gasteiger partial charge in [0.2, 0.25) is 0 Å². The maximum atomic E-state index is 3.44. The first-order valence-corrected chi connectivity index (χ1v) is 5.36. The van der Waals surface area contributed by atoms with Gasteiger partial charge in [-0.1, -0.05) is 35.0 Å². The summed E-state index contributed by atoms with van der Waals surface area (Å²) >= 11 is 3.44. The molecule has 0 radical (unpaired) electrons. The maximum absolute atomic E-state index is 3.44. The molecule has 1 aromatic carbocycles. The summed E-state index contributed by atoms with van der Waals surface area (Å²) in [4.78, 5) is 2.25. The Kier molecular flexibility index (Phi) is 3.94. The second-order valence-electron chi connectivity index (χ2n) is 3.44. The molecule has 1 aromatic rings. The second-order valence-corrected chi connectivity index (χ2v) is 4.35. The fraction of sp³-hybridized carbons (Fsp3) is 0.455. The predicted molar refractivity (Wildman–Crippen MR) is 60.9 cm³/mol. The average Bonchev–Trinajstić information content (AvgIpc) is 2.09. The van der Waals surface area contributed by atoms with E-state index in [2.05, 4.69) is 66.1 Å². The molecule has 0 spiro atoms. The summed E-state index contributed by atoms with van der Waals surface area (Å²) in [6, 6.07) is 9.09. The minimum atomic E-state index is 0.535. The van der Waals surface area contributed by atoms with Crippen molar-refractivity contribution in [2.24, 2.45) is 0 Å². The zero-order valence-electron chi connectivity index (χ0n) is 8.42. The van der Waals surface area contributed by atoms with E-state index in [9.17, 15) is 0 Å². The maximum Gasteiger partial charge on any atom is 0.0339 e. The first-order chi connectivity index (χ1) is 6.15. The standard InChI is InChI=1S/C11H16BrN/c1-4-11(13(2)3)9-5-7-10(12)8-6-9/h5-8,11H,4H2,1-3H3. The lowest BCUT2D eigenvalue weighted by Gasteiger charge is -2.23. The van der Waals surface area contributed by atoms with Crippen molar-refractivity contribution in [3.8, 4) is 0 Å². The van der Waals surface area contributed by atoms with Crippen LogP contribution in [0.3, 0.4) is 0 Å². The van der Waals surface area contributed by atoms with E-state index in [-0.39, 0.29) is 0 Å². The van der Waals surface area contributed by atoms with Gasteiger partial charge in [0, 0.05) is 10.5 Å². The van der Waals surface area contributed by atoms with Gasteiger partial charge in [-0.2, -0.15) is 0 Å². The molecule has 72 valence electrons. The van der Waals surface area contributed by atoms with Gasteiger partial charge in [0.25, 0.3) is 0 Å². The van der Waals surface area contributed by atoms with Crippen LogP contribution < -0.4 is 0 Å². The zero-order valence-corrected chi connectivity index (χ0v) is 10.0. The van der Waals surface area contributed by atoms with E-state index >= 15 is 0 Å². The monoisotopic (exact) mass is 241 g/mol. The van der Waals surface area contributed by atoms with E-state index in [1.807, 2.05) is 0 Å². The summed E-state index contributed by atoms with van der Waals surface area (Å²) in [5.74, 6) is 0. The van der Waals surface area contributed by atoms with Crippen LogP contribution in [-0.4, -0.2) is 19.0 Å². The van der Waals surface area contributed by atoms with Crippen LogP contribution in [-0.2, 0) is 0 Å². The van der Waals surface area contributed by atoms with Crippen LogP contribution in [0.4, 0.5) is 0 Å². The Balaban J connectivity index is 2.86. The van der Waals surface area contributed by atoms with Crippen LogP contribution in [0.5, 0.6) is 0 Å². The number of rotatable bonds is 3.